The Kier molecular flexibility index (Phi) is 5.82. The van der Waals surface area contributed by atoms with Crippen molar-refractivity contribution in [2.24, 2.45) is 17.8 Å². The van der Waals surface area contributed by atoms with Gasteiger partial charge in [-0.25, -0.2) is 0 Å². The zero-order valence-corrected chi connectivity index (χ0v) is 14.6. The smallest absolute Gasteiger partial charge is 0.313 e. The lowest BCUT2D eigenvalue weighted by molar-refractivity contribution is -0.146. The summed E-state index contributed by atoms with van der Waals surface area (Å²) in [6, 6.07) is 7.91. The molecule has 0 saturated heterocycles. The lowest BCUT2D eigenvalue weighted by atomic mass is 9.82. The Morgan fingerprint density at radius 2 is 2.13 bits per heavy atom. The van der Waals surface area contributed by atoms with Crippen LogP contribution in [0.15, 0.2) is 18.2 Å². The molecule has 124 valence electrons. The van der Waals surface area contributed by atoms with E-state index in [2.05, 4.69) is 26.8 Å². The fourth-order valence-corrected chi connectivity index (χ4v) is 3.98. The Bertz CT molecular complexity index is 600. The minimum absolute atomic E-state index is 0.136. The van der Waals surface area contributed by atoms with E-state index in [1.54, 1.807) is 0 Å². The molecule has 0 radical (unpaired) electrons. The second kappa shape index (κ2) is 7.64. The highest BCUT2D eigenvalue weighted by atomic mass is 16.5. The number of esters is 1. The maximum absolute atomic E-state index is 12.5. The number of rotatable bonds is 6. The van der Waals surface area contributed by atoms with Crippen molar-refractivity contribution in [2.45, 2.75) is 52.9 Å². The molecule has 2 rings (SSSR count). The van der Waals surface area contributed by atoms with Crippen molar-refractivity contribution in [1.82, 2.24) is 0 Å². The third-order valence-corrected chi connectivity index (χ3v) is 4.68. The molecule has 1 aliphatic rings. The molecule has 0 spiro atoms. The summed E-state index contributed by atoms with van der Waals surface area (Å²) in [5, 5.41) is 9.14. The van der Waals surface area contributed by atoms with Crippen LogP contribution in [0.25, 0.3) is 0 Å². The van der Waals surface area contributed by atoms with Crippen molar-refractivity contribution in [3.63, 3.8) is 0 Å². The first-order valence-corrected chi connectivity index (χ1v) is 8.65. The van der Waals surface area contributed by atoms with Crippen LogP contribution in [-0.2, 0) is 16.0 Å². The van der Waals surface area contributed by atoms with E-state index in [0.717, 1.165) is 18.4 Å². The Balaban J connectivity index is 2.25. The summed E-state index contributed by atoms with van der Waals surface area (Å²) in [6.07, 6.45) is 3.11. The van der Waals surface area contributed by atoms with Crippen LogP contribution in [-0.4, -0.2) is 12.6 Å². The number of ether oxygens (including phenoxy) is 1. The summed E-state index contributed by atoms with van der Waals surface area (Å²) in [7, 11) is 0. The topological polar surface area (TPSA) is 50.1 Å². The van der Waals surface area contributed by atoms with Gasteiger partial charge in [-0.3, -0.25) is 4.79 Å². The predicted molar refractivity (Wildman–Crippen MR) is 91.0 cm³/mol. The normalized spacial score (nSPS) is 20.9. The van der Waals surface area contributed by atoms with Crippen LogP contribution in [0.4, 0.5) is 0 Å². The highest BCUT2D eigenvalue weighted by molar-refractivity contribution is 5.80. The molecular formula is C20H27NO2. The molecule has 1 aliphatic carbocycles. The molecule has 0 bridgehead atoms. The van der Waals surface area contributed by atoms with Crippen LogP contribution in [0, 0.1) is 29.1 Å². The lowest BCUT2D eigenvalue weighted by Gasteiger charge is -2.23. The van der Waals surface area contributed by atoms with E-state index >= 15 is 0 Å². The number of carbonyl (C=O) groups excluding carboxylic acids is 1. The Morgan fingerprint density at radius 3 is 2.74 bits per heavy atom. The van der Waals surface area contributed by atoms with E-state index in [1.807, 2.05) is 25.1 Å². The predicted octanol–water partition coefficient (Wildman–Crippen LogP) is 4.45. The van der Waals surface area contributed by atoms with Gasteiger partial charge in [-0.2, -0.15) is 5.26 Å². The van der Waals surface area contributed by atoms with E-state index in [4.69, 9.17) is 10.00 Å². The number of carbonyl (C=O) groups is 1. The number of nitrogens with zero attached hydrogens (tertiary/aromatic N) is 1. The monoisotopic (exact) mass is 313 g/mol. The zero-order chi connectivity index (χ0) is 17.0. The molecule has 0 aliphatic heterocycles. The van der Waals surface area contributed by atoms with Gasteiger partial charge in [-0.1, -0.05) is 26.8 Å². The fraction of sp³-hybridized carbons (Fsp3) is 0.600. The molecule has 0 N–H and O–H groups in total. The van der Waals surface area contributed by atoms with Gasteiger partial charge in [0.2, 0.25) is 0 Å². The number of benzene rings is 1. The van der Waals surface area contributed by atoms with Crippen LogP contribution in [0.1, 0.15) is 63.1 Å². The van der Waals surface area contributed by atoms with Crippen LogP contribution in [0.2, 0.25) is 0 Å². The quantitative estimate of drug-likeness (QED) is 0.729. The van der Waals surface area contributed by atoms with Gasteiger partial charge in [0.1, 0.15) is 0 Å². The first kappa shape index (κ1) is 17.5. The Morgan fingerprint density at radius 1 is 1.39 bits per heavy atom. The van der Waals surface area contributed by atoms with Gasteiger partial charge in [0.25, 0.3) is 0 Å². The van der Waals surface area contributed by atoms with Gasteiger partial charge in [0.15, 0.2) is 0 Å². The van der Waals surface area contributed by atoms with Crippen molar-refractivity contribution >= 4 is 5.97 Å². The van der Waals surface area contributed by atoms with E-state index in [0.29, 0.717) is 24.0 Å². The van der Waals surface area contributed by atoms with Crippen LogP contribution >= 0.6 is 0 Å². The fourth-order valence-electron chi connectivity index (χ4n) is 3.98. The van der Waals surface area contributed by atoms with Gasteiger partial charge >= 0.3 is 5.97 Å². The van der Waals surface area contributed by atoms with E-state index < -0.39 is 0 Å². The molecule has 3 unspecified atom stereocenters. The first-order valence-electron chi connectivity index (χ1n) is 8.65. The van der Waals surface area contributed by atoms with Gasteiger partial charge in [0.05, 0.1) is 24.2 Å². The second-order valence-corrected chi connectivity index (χ2v) is 7.19. The summed E-state index contributed by atoms with van der Waals surface area (Å²) in [5.74, 6) is 1.18. The molecular weight excluding hydrogens is 286 g/mol. The van der Waals surface area contributed by atoms with Crippen LogP contribution in [0.3, 0.4) is 0 Å². The molecule has 3 nitrogen and oxygen atoms in total. The third kappa shape index (κ3) is 4.13. The Labute approximate surface area is 139 Å². The molecule has 1 aromatic carbocycles. The number of hydrogen-bond donors (Lipinski definition) is 0. The molecule has 0 saturated carbocycles. The van der Waals surface area contributed by atoms with Crippen molar-refractivity contribution in [2.75, 3.05) is 6.61 Å². The molecule has 0 amide bonds. The largest absolute Gasteiger partial charge is 0.466 e. The zero-order valence-electron chi connectivity index (χ0n) is 14.6. The maximum atomic E-state index is 12.5. The molecule has 0 fully saturated rings. The third-order valence-electron chi connectivity index (χ3n) is 4.68. The van der Waals surface area contributed by atoms with Crippen molar-refractivity contribution in [3.05, 3.63) is 34.9 Å². The summed E-state index contributed by atoms with van der Waals surface area (Å²) in [6.45, 7) is 8.99. The van der Waals surface area contributed by atoms with Gasteiger partial charge in [-0.15, -0.1) is 0 Å². The highest BCUT2D eigenvalue weighted by Crippen LogP contribution is 2.43. The maximum Gasteiger partial charge on any atom is 0.313 e. The minimum Gasteiger partial charge on any atom is -0.466 e. The summed E-state index contributed by atoms with van der Waals surface area (Å²) >= 11 is 0. The summed E-state index contributed by atoms with van der Waals surface area (Å²) in [4.78, 5) is 12.5. The average molecular weight is 313 g/mol. The molecule has 1 aromatic rings. The standard InChI is InChI=1S/C20H27NO2/c1-5-23-20(22)19-17(9-14(4)8-13(2)3)11-16-7-6-15(12-21)10-18(16)19/h6-7,10,13-14,17,19H,5,8-9,11H2,1-4H3. The van der Waals surface area contributed by atoms with E-state index in [1.165, 1.54) is 12.0 Å². The molecule has 3 heteroatoms. The van der Waals surface area contributed by atoms with Gasteiger partial charge in [0, 0.05) is 0 Å². The van der Waals surface area contributed by atoms with Gasteiger partial charge < -0.3 is 4.74 Å². The van der Waals surface area contributed by atoms with E-state index in [9.17, 15) is 4.79 Å². The highest BCUT2D eigenvalue weighted by Gasteiger charge is 2.39. The van der Waals surface area contributed by atoms with Crippen molar-refractivity contribution in [3.8, 4) is 6.07 Å². The molecule has 0 heterocycles. The van der Waals surface area contributed by atoms with Crippen molar-refractivity contribution < 1.29 is 9.53 Å². The SMILES string of the molecule is CCOC(=O)C1c2cc(C#N)ccc2CC1CC(C)CC(C)C. The first-order chi connectivity index (χ1) is 11.0. The number of nitriles is 1. The molecule has 3 atom stereocenters. The van der Waals surface area contributed by atoms with Gasteiger partial charge in [-0.05, 0) is 67.2 Å². The number of fused-ring (bicyclic) bond motifs is 1. The summed E-state index contributed by atoms with van der Waals surface area (Å²) in [5.41, 5.74) is 2.82. The molecule has 23 heavy (non-hydrogen) atoms. The second-order valence-electron chi connectivity index (χ2n) is 7.19. The molecule has 0 aromatic heterocycles. The summed E-state index contributed by atoms with van der Waals surface area (Å²) < 4.78 is 5.33. The number of hydrogen-bond acceptors (Lipinski definition) is 3. The lowest BCUT2D eigenvalue weighted by Crippen LogP contribution is -2.22. The minimum atomic E-state index is -0.215. The average Bonchev–Trinajstić information content (AvgIpc) is 2.83. The van der Waals surface area contributed by atoms with E-state index in [-0.39, 0.29) is 17.8 Å². The van der Waals surface area contributed by atoms with Crippen LogP contribution in [0.5, 0.6) is 0 Å². The Hall–Kier alpha value is -1.82. The van der Waals surface area contributed by atoms with Crippen molar-refractivity contribution in [1.29, 1.82) is 5.26 Å². The van der Waals surface area contributed by atoms with Crippen LogP contribution < -0.4 is 0 Å².